The van der Waals surface area contributed by atoms with Crippen LogP contribution in [0.15, 0.2) is 54.2 Å². The molecule has 0 bridgehead atoms. The van der Waals surface area contributed by atoms with E-state index in [-0.39, 0.29) is 11.3 Å². The summed E-state index contributed by atoms with van der Waals surface area (Å²) in [5, 5.41) is 32.7. The van der Waals surface area contributed by atoms with E-state index in [2.05, 4.69) is 10.6 Å². The van der Waals surface area contributed by atoms with E-state index in [1.807, 2.05) is 12.1 Å². The van der Waals surface area contributed by atoms with Gasteiger partial charge in [-0.05, 0) is 55.0 Å². The number of carbonyl (C=O) groups excluding carboxylic acids is 1. The monoisotopic (exact) mass is 318 g/mol. The predicted octanol–water partition coefficient (Wildman–Crippen LogP) is 3.03. The number of benzene rings is 2. The minimum atomic E-state index is -0.563. The van der Waals surface area contributed by atoms with E-state index in [0.717, 1.165) is 0 Å². The predicted molar refractivity (Wildman–Crippen MR) is 89.9 cm³/mol. The van der Waals surface area contributed by atoms with Gasteiger partial charge in [0.25, 0.3) is 5.91 Å². The van der Waals surface area contributed by atoms with Crippen LogP contribution >= 0.6 is 0 Å². The Balaban J connectivity index is 2.10. The molecule has 2 aromatic rings. The lowest BCUT2D eigenvalue weighted by atomic mass is 10.1. The van der Waals surface area contributed by atoms with E-state index >= 15 is 0 Å². The van der Waals surface area contributed by atoms with E-state index in [1.54, 1.807) is 37.3 Å². The summed E-state index contributed by atoms with van der Waals surface area (Å²) in [4.78, 5) is 12.2. The van der Waals surface area contributed by atoms with Crippen molar-refractivity contribution in [3.05, 3.63) is 65.4 Å². The van der Waals surface area contributed by atoms with E-state index in [0.29, 0.717) is 22.5 Å². The Morgan fingerprint density at radius 1 is 1.17 bits per heavy atom. The molecule has 24 heavy (non-hydrogen) atoms. The van der Waals surface area contributed by atoms with Gasteiger partial charge >= 0.3 is 0 Å². The first kappa shape index (κ1) is 16.6. The first-order valence-corrected chi connectivity index (χ1v) is 7.01. The molecule has 0 aliphatic carbocycles. The number of hydrogen-bond donors (Lipinski definition) is 3. The van der Waals surface area contributed by atoms with Crippen LogP contribution in [-0.2, 0) is 4.79 Å². The molecule has 2 aromatic carbocycles. The lowest BCUT2D eigenvalue weighted by Crippen LogP contribution is -2.15. The Labute approximate surface area is 139 Å². The van der Waals surface area contributed by atoms with Gasteiger partial charge in [-0.1, -0.05) is 0 Å². The van der Waals surface area contributed by atoms with Crippen molar-refractivity contribution in [3.63, 3.8) is 0 Å². The molecule has 0 aliphatic heterocycles. The summed E-state index contributed by atoms with van der Waals surface area (Å²) in [7, 11) is 0. The van der Waals surface area contributed by atoms with Gasteiger partial charge in [0, 0.05) is 17.6 Å². The van der Waals surface area contributed by atoms with Crippen molar-refractivity contribution in [3.8, 4) is 17.9 Å². The summed E-state index contributed by atoms with van der Waals surface area (Å²) in [6, 6.07) is 15.0. The number of nitriles is 2. The second-order valence-electron chi connectivity index (χ2n) is 4.96. The fourth-order valence-electron chi connectivity index (χ4n) is 1.92. The van der Waals surface area contributed by atoms with E-state index in [9.17, 15) is 9.90 Å². The molecule has 0 spiro atoms. The van der Waals surface area contributed by atoms with E-state index < -0.39 is 5.91 Å². The van der Waals surface area contributed by atoms with Crippen LogP contribution in [0.4, 0.5) is 11.4 Å². The minimum Gasteiger partial charge on any atom is -0.508 e. The molecular formula is C18H14N4O2. The first-order chi connectivity index (χ1) is 11.5. The maximum Gasteiger partial charge on any atom is 0.267 e. The van der Waals surface area contributed by atoms with Gasteiger partial charge in [0.05, 0.1) is 11.6 Å². The van der Waals surface area contributed by atoms with E-state index in [1.165, 1.54) is 18.3 Å². The van der Waals surface area contributed by atoms with Gasteiger partial charge < -0.3 is 15.7 Å². The van der Waals surface area contributed by atoms with Gasteiger partial charge in [-0.25, -0.2) is 0 Å². The normalized spacial score (nSPS) is 10.4. The lowest BCUT2D eigenvalue weighted by molar-refractivity contribution is -0.112. The molecule has 118 valence electrons. The average molecular weight is 318 g/mol. The fourth-order valence-corrected chi connectivity index (χ4v) is 1.92. The van der Waals surface area contributed by atoms with Crippen molar-refractivity contribution in [1.29, 1.82) is 10.5 Å². The van der Waals surface area contributed by atoms with Crippen molar-refractivity contribution >= 4 is 17.3 Å². The standard InChI is InChI=1S/C18H14N4O2/c1-12-8-16(23)6-7-17(12)22-18(24)14(10-20)11-21-15-4-2-13(9-19)3-5-15/h2-8,11,21,23H,1H3,(H,22,24)/b14-11-. The molecule has 2 rings (SSSR count). The lowest BCUT2D eigenvalue weighted by Gasteiger charge is -2.08. The van der Waals surface area contributed by atoms with Crippen molar-refractivity contribution in [2.45, 2.75) is 6.92 Å². The van der Waals surface area contributed by atoms with E-state index in [4.69, 9.17) is 10.5 Å². The maximum absolute atomic E-state index is 12.2. The molecule has 6 heteroatoms. The van der Waals surface area contributed by atoms with Gasteiger partial charge in [-0.3, -0.25) is 4.79 Å². The number of phenolic OH excluding ortho intramolecular Hbond substituents is 1. The topological polar surface area (TPSA) is 109 Å². The molecule has 0 fully saturated rings. The Hall–Kier alpha value is -3.77. The molecule has 1 amide bonds. The van der Waals surface area contributed by atoms with Crippen molar-refractivity contribution in [2.24, 2.45) is 0 Å². The number of anilines is 2. The van der Waals surface area contributed by atoms with Crippen LogP contribution in [0.5, 0.6) is 5.75 Å². The number of nitrogens with zero attached hydrogens (tertiary/aromatic N) is 2. The van der Waals surface area contributed by atoms with Crippen molar-refractivity contribution in [1.82, 2.24) is 0 Å². The molecule has 0 aromatic heterocycles. The second-order valence-corrected chi connectivity index (χ2v) is 4.96. The van der Waals surface area contributed by atoms with Gasteiger partial charge in [0.2, 0.25) is 0 Å². The largest absolute Gasteiger partial charge is 0.508 e. The fraction of sp³-hybridized carbons (Fsp3) is 0.0556. The molecular weight excluding hydrogens is 304 g/mol. The number of nitrogens with one attached hydrogen (secondary N) is 2. The summed E-state index contributed by atoms with van der Waals surface area (Å²) in [5.74, 6) is -0.462. The van der Waals surface area contributed by atoms with Crippen LogP contribution in [0.25, 0.3) is 0 Å². The summed E-state index contributed by atoms with van der Waals surface area (Å²) in [6.07, 6.45) is 1.30. The van der Waals surface area contributed by atoms with Gasteiger partial charge in [0.1, 0.15) is 17.4 Å². The number of rotatable bonds is 4. The molecule has 0 heterocycles. The van der Waals surface area contributed by atoms with Gasteiger partial charge in [0.15, 0.2) is 0 Å². The van der Waals surface area contributed by atoms with Crippen LogP contribution in [0.2, 0.25) is 0 Å². The summed E-state index contributed by atoms with van der Waals surface area (Å²) in [6.45, 7) is 1.74. The number of amides is 1. The third-order valence-electron chi connectivity index (χ3n) is 3.22. The highest BCUT2D eigenvalue weighted by atomic mass is 16.3. The highest BCUT2D eigenvalue weighted by Gasteiger charge is 2.11. The van der Waals surface area contributed by atoms with Crippen LogP contribution in [0.1, 0.15) is 11.1 Å². The zero-order chi connectivity index (χ0) is 17.5. The van der Waals surface area contributed by atoms with Crippen LogP contribution < -0.4 is 10.6 Å². The first-order valence-electron chi connectivity index (χ1n) is 7.01. The molecule has 0 saturated heterocycles. The number of aromatic hydroxyl groups is 1. The van der Waals surface area contributed by atoms with Crippen molar-refractivity contribution < 1.29 is 9.90 Å². The molecule has 0 saturated carbocycles. The molecule has 3 N–H and O–H groups in total. The van der Waals surface area contributed by atoms with Crippen LogP contribution in [0.3, 0.4) is 0 Å². The molecule has 0 aliphatic rings. The van der Waals surface area contributed by atoms with Crippen LogP contribution in [0, 0.1) is 29.6 Å². The Morgan fingerprint density at radius 2 is 1.88 bits per heavy atom. The summed E-state index contributed by atoms with van der Waals surface area (Å²) < 4.78 is 0. The van der Waals surface area contributed by atoms with Crippen LogP contribution in [-0.4, -0.2) is 11.0 Å². The zero-order valence-electron chi connectivity index (χ0n) is 12.9. The Kier molecular flexibility index (Phi) is 5.17. The van der Waals surface area contributed by atoms with Gasteiger partial charge in [-0.2, -0.15) is 10.5 Å². The van der Waals surface area contributed by atoms with Crippen molar-refractivity contribution in [2.75, 3.05) is 10.6 Å². The third-order valence-corrected chi connectivity index (χ3v) is 3.22. The average Bonchev–Trinajstić information content (AvgIpc) is 2.58. The minimum absolute atomic E-state index is 0.101. The smallest absolute Gasteiger partial charge is 0.267 e. The Bertz CT molecular complexity index is 871. The number of carbonyl (C=O) groups is 1. The third kappa shape index (κ3) is 4.12. The molecule has 0 atom stereocenters. The molecule has 6 nitrogen and oxygen atoms in total. The number of hydrogen-bond acceptors (Lipinski definition) is 5. The number of aryl methyl sites for hydroxylation is 1. The Morgan fingerprint density at radius 3 is 2.46 bits per heavy atom. The zero-order valence-corrected chi connectivity index (χ0v) is 12.9. The molecule has 0 radical (unpaired) electrons. The summed E-state index contributed by atoms with van der Waals surface area (Å²) in [5.41, 5.74) is 2.26. The SMILES string of the molecule is Cc1cc(O)ccc1NC(=O)/C(C#N)=C\Nc1ccc(C#N)cc1. The molecule has 0 unspecified atom stereocenters. The maximum atomic E-state index is 12.2. The second kappa shape index (κ2) is 7.48. The highest BCUT2D eigenvalue weighted by molar-refractivity contribution is 6.07. The summed E-state index contributed by atoms with van der Waals surface area (Å²) >= 11 is 0. The quantitative estimate of drug-likeness (QED) is 0.456. The van der Waals surface area contributed by atoms with Gasteiger partial charge in [-0.15, -0.1) is 0 Å². The highest BCUT2D eigenvalue weighted by Crippen LogP contribution is 2.20. The number of phenols is 1.